The van der Waals surface area contributed by atoms with Crippen LogP contribution in [0.3, 0.4) is 0 Å². The highest BCUT2D eigenvalue weighted by atomic mass is 32.2. The summed E-state index contributed by atoms with van der Waals surface area (Å²) in [6.07, 6.45) is -2.58. The number of alkyl halides is 3. The SMILES string of the molecule is Cc1ccc(S(=O)(=O)OC23CCC(C)(CC2)C(F)(F)C3F)cc1. The zero-order valence-corrected chi connectivity index (χ0v) is 13.8. The van der Waals surface area contributed by atoms with E-state index in [0.29, 0.717) is 0 Å². The van der Waals surface area contributed by atoms with Gasteiger partial charge in [-0.15, -0.1) is 0 Å². The second kappa shape index (κ2) is 4.96. The second-order valence-corrected chi connectivity index (χ2v) is 8.51. The third-order valence-corrected chi connectivity index (χ3v) is 6.77. The van der Waals surface area contributed by atoms with Crippen LogP contribution in [0.15, 0.2) is 29.2 Å². The highest BCUT2D eigenvalue weighted by Gasteiger charge is 2.71. The Bertz CT molecular complexity index is 705. The van der Waals surface area contributed by atoms with E-state index < -0.39 is 33.2 Å². The molecule has 3 aliphatic carbocycles. The summed E-state index contributed by atoms with van der Waals surface area (Å²) in [5.41, 5.74) is -2.54. The van der Waals surface area contributed by atoms with Crippen molar-refractivity contribution in [2.75, 3.05) is 0 Å². The minimum absolute atomic E-state index is 0.0225. The molecule has 3 aliphatic rings. The van der Waals surface area contributed by atoms with Gasteiger partial charge in [0.1, 0.15) is 5.60 Å². The first-order valence-corrected chi connectivity index (χ1v) is 8.98. The third-order valence-electron chi connectivity index (χ3n) is 5.37. The minimum Gasteiger partial charge on any atom is -0.256 e. The van der Waals surface area contributed by atoms with E-state index in [1.54, 1.807) is 19.1 Å². The number of halogens is 3. The molecule has 0 radical (unpaired) electrons. The van der Waals surface area contributed by atoms with Crippen LogP contribution < -0.4 is 0 Å². The topological polar surface area (TPSA) is 43.4 Å². The fourth-order valence-corrected chi connectivity index (χ4v) is 4.80. The van der Waals surface area contributed by atoms with Gasteiger partial charge in [-0.25, -0.2) is 13.2 Å². The largest absolute Gasteiger partial charge is 0.297 e. The molecule has 3 fully saturated rings. The highest BCUT2D eigenvalue weighted by molar-refractivity contribution is 7.86. The van der Waals surface area contributed by atoms with Crippen molar-refractivity contribution in [1.29, 1.82) is 0 Å². The maximum absolute atomic E-state index is 14.5. The van der Waals surface area contributed by atoms with Crippen molar-refractivity contribution in [1.82, 2.24) is 0 Å². The molecule has 1 aromatic carbocycles. The van der Waals surface area contributed by atoms with E-state index in [4.69, 9.17) is 4.18 Å². The summed E-state index contributed by atoms with van der Waals surface area (Å²) in [6.45, 7) is 3.15. The van der Waals surface area contributed by atoms with Gasteiger partial charge < -0.3 is 0 Å². The Morgan fingerprint density at radius 1 is 1.09 bits per heavy atom. The Balaban J connectivity index is 1.94. The minimum atomic E-state index is -4.30. The highest BCUT2D eigenvalue weighted by Crippen LogP contribution is 2.62. The number of hydrogen-bond donors (Lipinski definition) is 0. The van der Waals surface area contributed by atoms with Gasteiger partial charge in [0.15, 0.2) is 6.17 Å². The molecular weight excluding hydrogens is 329 g/mol. The van der Waals surface area contributed by atoms with Gasteiger partial charge in [0, 0.05) is 5.41 Å². The molecule has 3 nitrogen and oxygen atoms in total. The molecule has 0 saturated heterocycles. The van der Waals surface area contributed by atoms with Gasteiger partial charge in [-0.1, -0.05) is 24.6 Å². The lowest BCUT2D eigenvalue weighted by atomic mass is 9.56. The van der Waals surface area contributed by atoms with Crippen LogP contribution in [0, 0.1) is 12.3 Å². The first-order valence-electron chi connectivity index (χ1n) is 7.57. The number of rotatable bonds is 3. The lowest BCUT2D eigenvalue weighted by Gasteiger charge is -2.56. The summed E-state index contributed by atoms with van der Waals surface area (Å²) < 4.78 is 73.0. The van der Waals surface area contributed by atoms with Crippen molar-refractivity contribution in [3.8, 4) is 0 Å². The van der Waals surface area contributed by atoms with Gasteiger partial charge in [0.05, 0.1) is 4.90 Å². The number of fused-ring (bicyclic) bond motifs is 3. The van der Waals surface area contributed by atoms with E-state index in [-0.39, 0.29) is 30.6 Å². The molecule has 1 atom stereocenters. The molecule has 0 spiro atoms. The Morgan fingerprint density at radius 2 is 1.61 bits per heavy atom. The Hall–Kier alpha value is -1.08. The Kier molecular flexibility index (Phi) is 3.61. The van der Waals surface area contributed by atoms with E-state index in [0.717, 1.165) is 5.56 Å². The lowest BCUT2D eigenvalue weighted by Crippen LogP contribution is -2.67. The van der Waals surface area contributed by atoms with Gasteiger partial charge >= 0.3 is 0 Å². The molecule has 23 heavy (non-hydrogen) atoms. The molecule has 2 bridgehead atoms. The van der Waals surface area contributed by atoms with E-state index in [2.05, 4.69) is 0 Å². The van der Waals surface area contributed by atoms with Gasteiger partial charge in [0.25, 0.3) is 16.0 Å². The number of hydrogen-bond acceptors (Lipinski definition) is 3. The van der Waals surface area contributed by atoms with Crippen LogP contribution >= 0.6 is 0 Å². The predicted molar refractivity (Wildman–Crippen MR) is 78.6 cm³/mol. The molecule has 0 heterocycles. The van der Waals surface area contributed by atoms with Crippen molar-refractivity contribution in [2.45, 2.75) is 62.1 Å². The fourth-order valence-electron chi connectivity index (χ4n) is 3.55. The van der Waals surface area contributed by atoms with Crippen LogP contribution in [0.4, 0.5) is 13.2 Å². The van der Waals surface area contributed by atoms with Crippen LogP contribution in [0.5, 0.6) is 0 Å². The first-order chi connectivity index (χ1) is 10.5. The molecule has 3 saturated carbocycles. The molecule has 0 aliphatic heterocycles. The summed E-state index contributed by atoms with van der Waals surface area (Å²) in [7, 11) is -4.30. The molecular formula is C16H19F3O3S. The van der Waals surface area contributed by atoms with Crippen LogP contribution in [0.2, 0.25) is 0 Å². The smallest absolute Gasteiger partial charge is 0.256 e. The monoisotopic (exact) mass is 348 g/mol. The van der Waals surface area contributed by atoms with Crippen LogP contribution in [-0.4, -0.2) is 26.1 Å². The molecule has 1 unspecified atom stereocenters. The standard InChI is InChI=1S/C16H19F3O3S/c1-11-3-5-12(6-4-11)23(20,21)22-15-9-7-14(2,8-10-15)16(18,19)13(15)17/h3-6,13H,7-10H2,1-2H3. The van der Waals surface area contributed by atoms with E-state index in [9.17, 15) is 21.6 Å². The average Bonchev–Trinajstić information content (AvgIpc) is 2.48. The predicted octanol–water partition coefficient (Wildman–Crippen LogP) is 4.01. The molecule has 4 rings (SSSR count). The lowest BCUT2D eigenvalue weighted by molar-refractivity contribution is -0.275. The summed E-state index contributed by atoms with van der Waals surface area (Å²) in [4.78, 5) is -0.146. The molecule has 128 valence electrons. The molecule has 0 N–H and O–H groups in total. The van der Waals surface area contributed by atoms with Gasteiger partial charge in [-0.2, -0.15) is 8.42 Å². The van der Waals surface area contributed by atoms with Crippen molar-refractivity contribution >= 4 is 10.1 Å². The maximum atomic E-state index is 14.5. The summed E-state index contributed by atoms with van der Waals surface area (Å²) in [5.74, 6) is -3.59. The molecule has 7 heteroatoms. The number of aryl methyl sites for hydroxylation is 1. The maximum Gasteiger partial charge on any atom is 0.297 e. The summed E-state index contributed by atoms with van der Waals surface area (Å²) in [5, 5.41) is 0. The van der Waals surface area contributed by atoms with Crippen molar-refractivity contribution in [2.24, 2.45) is 5.41 Å². The van der Waals surface area contributed by atoms with Crippen molar-refractivity contribution < 1.29 is 25.8 Å². The zero-order chi connectivity index (χ0) is 17.1. The Labute approximate surface area is 134 Å². The van der Waals surface area contributed by atoms with Crippen molar-refractivity contribution in [3.05, 3.63) is 29.8 Å². The van der Waals surface area contributed by atoms with Gasteiger partial charge in [-0.3, -0.25) is 4.18 Å². The number of benzene rings is 1. The first kappa shape index (κ1) is 16.8. The quantitative estimate of drug-likeness (QED) is 0.775. The second-order valence-electron chi connectivity index (χ2n) is 6.96. The summed E-state index contributed by atoms with van der Waals surface area (Å²) in [6, 6.07) is 5.83. The molecule has 1 aromatic rings. The normalized spacial score (nSPS) is 36.1. The molecule has 0 aromatic heterocycles. The summed E-state index contributed by atoms with van der Waals surface area (Å²) >= 11 is 0. The van der Waals surface area contributed by atoms with Crippen LogP contribution in [0.25, 0.3) is 0 Å². The van der Waals surface area contributed by atoms with Gasteiger partial charge in [0.2, 0.25) is 0 Å². The third kappa shape index (κ3) is 2.39. The zero-order valence-electron chi connectivity index (χ0n) is 13.0. The van der Waals surface area contributed by atoms with E-state index in [1.807, 2.05) is 0 Å². The fraction of sp³-hybridized carbons (Fsp3) is 0.625. The van der Waals surface area contributed by atoms with Crippen LogP contribution in [0.1, 0.15) is 38.2 Å². The van der Waals surface area contributed by atoms with Crippen LogP contribution in [-0.2, 0) is 14.3 Å². The van der Waals surface area contributed by atoms with Gasteiger partial charge in [-0.05, 0) is 44.7 Å². The Morgan fingerprint density at radius 3 is 2.13 bits per heavy atom. The van der Waals surface area contributed by atoms with Crippen molar-refractivity contribution in [3.63, 3.8) is 0 Å². The van der Waals surface area contributed by atoms with E-state index >= 15 is 0 Å². The van der Waals surface area contributed by atoms with E-state index in [1.165, 1.54) is 19.1 Å². The molecule has 0 amide bonds. The average molecular weight is 348 g/mol.